The van der Waals surface area contributed by atoms with Crippen molar-refractivity contribution in [3.63, 3.8) is 0 Å². The number of halogens is 2. The van der Waals surface area contributed by atoms with Crippen LogP contribution in [0.25, 0.3) is 0 Å². The van der Waals surface area contributed by atoms with Crippen LogP contribution in [-0.4, -0.2) is 15.9 Å². The Hall–Kier alpha value is -1.07. The summed E-state index contributed by atoms with van der Waals surface area (Å²) >= 11 is 11.0. The molecule has 1 amide bonds. The number of hydrogen-bond acceptors (Lipinski definition) is 4. The van der Waals surface area contributed by atoms with Gasteiger partial charge in [0.05, 0.1) is 0 Å². The molecule has 0 spiro atoms. The maximum Gasteiger partial charge on any atom is 0.286 e. The molecule has 0 aliphatic heterocycles. The van der Waals surface area contributed by atoms with Gasteiger partial charge in [0.15, 0.2) is 10.3 Å². The van der Waals surface area contributed by atoms with E-state index in [1.165, 1.54) is 0 Å². The molecule has 0 aromatic carbocycles. The van der Waals surface area contributed by atoms with E-state index in [4.69, 9.17) is 34.7 Å². The van der Waals surface area contributed by atoms with Crippen LogP contribution in [0.15, 0.2) is 0 Å². The first-order chi connectivity index (χ1) is 5.52. The topological polar surface area (TPSA) is 94.9 Å². The minimum atomic E-state index is -0.807. The second-order valence-corrected chi connectivity index (χ2v) is 2.62. The summed E-state index contributed by atoms with van der Waals surface area (Å²) < 4.78 is 0. The van der Waals surface area contributed by atoms with E-state index in [2.05, 4.69) is 9.97 Å². The highest BCUT2D eigenvalue weighted by Gasteiger charge is 2.11. The van der Waals surface area contributed by atoms with Crippen LogP contribution in [0.4, 0.5) is 5.69 Å². The number of amides is 1. The highest BCUT2D eigenvalue weighted by Crippen LogP contribution is 2.22. The highest BCUT2D eigenvalue weighted by atomic mass is 35.5. The van der Waals surface area contributed by atoms with E-state index in [0.717, 1.165) is 0 Å². The van der Waals surface area contributed by atoms with Gasteiger partial charge < -0.3 is 11.5 Å². The fourth-order valence-corrected chi connectivity index (χ4v) is 0.914. The molecule has 0 saturated heterocycles. The zero-order valence-electron chi connectivity index (χ0n) is 5.71. The minimum Gasteiger partial charge on any atom is -0.394 e. The highest BCUT2D eigenvalue weighted by molar-refractivity contribution is 6.37. The normalized spacial score (nSPS) is 9.83. The third-order valence-electron chi connectivity index (χ3n) is 1.07. The molecule has 0 aliphatic rings. The molecule has 7 heteroatoms. The van der Waals surface area contributed by atoms with Crippen LogP contribution in [0, 0.1) is 0 Å². The van der Waals surface area contributed by atoms with E-state index in [1.807, 2.05) is 0 Å². The van der Waals surface area contributed by atoms with E-state index in [-0.39, 0.29) is 21.8 Å². The Kier molecular flexibility index (Phi) is 2.35. The van der Waals surface area contributed by atoms with E-state index in [0.29, 0.717) is 0 Å². The van der Waals surface area contributed by atoms with Gasteiger partial charge >= 0.3 is 0 Å². The molecule has 1 rings (SSSR count). The quantitative estimate of drug-likeness (QED) is 0.654. The van der Waals surface area contributed by atoms with Crippen molar-refractivity contribution < 1.29 is 4.79 Å². The zero-order valence-corrected chi connectivity index (χ0v) is 7.23. The van der Waals surface area contributed by atoms with E-state index < -0.39 is 5.91 Å². The third-order valence-corrected chi connectivity index (χ3v) is 1.65. The predicted octanol–water partition coefficient (Wildman–Crippen LogP) is 0.465. The summed E-state index contributed by atoms with van der Waals surface area (Å²) in [6.07, 6.45) is 0. The van der Waals surface area contributed by atoms with Crippen molar-refractivity contribution in [3.05, 3.63) is 16.1 Å². The molecule has 12 heavy (non-hydrogen) atoms. The van der Waals surface area contributed by atoms with E-state index in [9.17, 15) is 4.79 Å². The monoisotopic (exact) mass is 206 g/mol. The maximum atomic E-state index is 10.6. The van der Waals surface area contributed by atoms with Gasteiger partial charge in [0, 0.05) is 0 Å². The van der Waals surface area contributed by atoms with Gasteiger partial charge in [-0.1, -0.05) is 23.2 Å². The summed E-state index contributed by atoms with van der Waals surface area (Å²) in [6.45, 7) is 0. The van der Waals surface area contributed by atoms with Gasteiger partial charge in [-0.05, 0) is 0 Å². The molecule has 4 N–H and O–H groups in total. The molecule has 0 atom stereocenters. The van der Waals surface area contributed by atoms with Gasteiger partial charge in [-0.3, -0.25) is 4.79 Å². The molecule has 0 aliphatic carbocycles. The molecule has 5 nitrogen and oxygen atoms in total. The largest absolute Gasteiger partial charge is 0.394 e. The SMILES string of the molecule is NC(=O)c1nc(Cl)c(N)c(Cl)n1. The van der Waals surface area contributed by atoms with Gasteiger partial charge in [-0.25, -0.2) is 9.97 Å². The summed E-state index contributed by atoms with van der Waals surface area (Å²) in [7, 11) is 0. The number of nitrogen functional groups attached to an aromatic ring is 1. The Morgan fingerprint density at radius 3 is 2.00 bits per heavy atom. The molecular weight excluding hydrogens is 203 g/mol. The molecule has 1 heterocycles. The summed E-state index contributed by atoms with van der Waals surface area (Å²) in [5.74, 6) is -1.06. The Morgan fingerprint density at radius 2 is 1.67 bits per heavy atom. The number of primary amides is 1. The Bertz CT molecular complexity index is 317. The summed E-state index contributed by atoms with van der Waals surface area (Å²) in [4.78, 5) is 17.6. The van der Waals surface area contributed by atoms with Gasteiger partial charge in [0.25, 0.3) is 5.91 Å². The number of carbonyl (C=O) groups is 1. The zero-order chi connectivity index (χ0) is 9.30. The van der Waals surface area contributed by atoms with Crippen LogP contribution in [-0.2, 0) is 0 Å². The van der Waals surface area contributed by atoms with E-state index in [1.54, 1.807) is 0 Å². The molecule has 1 aromatic rings. The second kappa shape index (κ2) is 3.12. The molecular formula is C5H4Cl2N4O. The van der Waals surface area contributed by atoms with Crippen LogP contribution in [0.5, 0.6) is 0 Å². The van der Waals surface area contributed by atoms with Crippen LogP contribution in [0.1, 0.15) is 10.6 Å². The van der Waals surface area contributed by atoms with Crippen molar-refractivity contribution in [2.24, 2.45) is 5.73 Å². The van der Waals surface area contributed by atoms with Crippen molar-refractivity contribution in [2.45, 2.75) is 0 Å². The number of rotatable bonds is 1. The van der Waals surface area contributed by atoms with Crippen molar-refractivity contribution in [1.82, 2.24) is 9.97 Å². The fraction of sp³-hybridized carbons (Fsp3) is 0. The number of aromatic nitrogens is 2. The van der Waals surface area contributed by atoms with Gasteiger partial charge in [0.2, 0.25) is 5.82 Å². The molecule has 64 valence electrons. The Balaban J connectivity index is 3.31. The fourth-order valence-electron chi connectivity index (χ4n) is 0.527. The van der Waals surface area contributed by atoms with Crippen LogP contribution in [0.2, 0.25) is 10.3 Å². The number of anilines is 1. The van der Waals surface area contributed by atoms with Crippen molar-refractivity contribution in [2.75, 3.05) is 5.73 Å². The summed E-state index contributed by atoms with van der Waals surface area (Å²) in [5, 5.41) is -0.160. The van der Waals surface area contributed by atoms with Gasteiger partial charge in [-0.2, -0.15) is 0 Å². The predicted molar refractivity (Wildman–Crippen MR) is 45.0 cm³/mol. The Labute approximate surface area is 77.7 Å². The number of nitrogens with zero attached hydrogens (tertiary/aromatic N) is 2. The lowest BCUT2D eigenvalue weighted by Gasteiger charge is -2.00. The van der Waals surface area contributed by atoms with Gasteiger partial charge in [-0.15, -0.1) is 0 Å². The van der Waals surface area contributed by atoms with Gasteiger partial charge in [0.1, 0.15) is 5.69 Å². The maximum absolute atomic E-state index is 10.6. The number of hydrogen-bond donors (Lipinski definition) is 2. The van der Waals surface area contributed by atoms with Crippen molar-refractivity contribution in [1.29, 1.82) is 0 Å². The summed E-state index contributed by atoms with van der Waals surface area (Å²) in [6, 6.07) is 0. The second-order valence-electron chi connectivity index (χ2n) is 1.91. The first-order valence-electron chi connectivity index (χ1n) is 2.80. The van der Waals surface area contributed by atoms with Crippen molar-refractivity contribution in [3.8, 4) is 0 Å². The molecule has 0 bridgehead atoms. The third kappa shape index (κ3) is 1.57. The van der Waals surface area contributed by atoms with Crippen molar-refractivity contribution >= 4 is 34.8 Å². The first-order valence-corrected chi connectivity index (χ1v) is 3.56. The molecule has 1 aromatic heterocycles. The number of carbonyl (C=O) groups excluding carboxylic acids is 1. The lowest BCUT2D eigenvalue weighted by atomic mass is 10.5. The van der Waals surface area contributed by atoms with Crippen LogP contribution < -0.4 is 11.5 Å². The smallest absolute Gasteiger partial charge is 0.286 e. The van der Waals surface area contributed by atoms with Crippen LogP contribution >= 0.6 is 23.2 Å². The average molecular weight is 207 g/mol. The lowest BCUT2D eigenvalue weighted by Crippen LogP contribution is -2.16. The Morgan fingerprint density at radius 1 is 1.25 bits per heavy atom. The van der Waals surface area contributed by atoms with E-state index >= 15 is 0 Å². The minimum absolute atomic E-state index is 0.0309. The molecule has 0 radical (unpaired) electrons. The molecule has 0 fully saturated rings. The standard InChI is InChI=1S/C5H4Cl2N4O/c6-2-1(8)3(7)11-5(10-2)4(9)12/h8H2,(H2,9,12). The molecule has 0 saturated carbocycles. The summed E-state index contributed by atoms with van der Waals surface area (Å²) in [5.41, 5.74) is 10.2. The lowest BCUT2D eigenvalue weighted by molar-refractivity contribution is 0.0990. The first kappa shape index (κ1) is 9.02. The number of nitrogens with two attached hydrogens (primary N) is 2. The average Bonchev–Trinajstić information content (AvgIpc) is 1.99. The van der Waals surface area contributed by atoms with Crippen LogP contribution in [0.3, 0.4) is 0 Å². The molecule has 0 unspecified atom stereocenters.